The molecule has 3 fully saturated rings. The largest absolute Gasteiger partial charge is 0.493 e. The third-order valence-electron chi connectivity index (χ3n) is 7.57. The Kier molecular flexibility index (Phi) is 7.19. The van der Waals surface area contributed by atoms with Gasteiger partial charge in [0.15, 0.2) is 0 Å². The molecule has 3 atom stereocenters. The van der Waals surface area contributed by atoms with Crippen molar-refractivity contribution in [1.29, 1.82) is 0 Å². The van der Waals surface area contributed by atoms with E-state index in [0.717, 1.165) is 29.2 Å². The number of carbonyl (C=O) groups excluding carboxylic acids is 1. The highest BCUT2D eigenvalue weighted by molar-refractivity contribution is 5.97. The summed E-state index contributed by atoms with van der Waals surface area (Å²) in [5.74, 6) is 0.166. The summed E-state index contributed by atoms with van der Waals surface area (Å²) in [7, 11) is 0. The maximum Gasteiger partial charge on any atom is 0.419 e. The summed E-state index contributed by atoms with van der Waals surface area (Å²) in [4.78, 5) is 25.2. The van der Waals surface area contributed by atoms with Crippen LogP contribution in [0.1, 0.15) is 80.1 Å². The zero-order chi connectivity index (χ0) is 23.6. The molecule has 2 aliphatic carbocycles. The lowest BCUT2D eigenvalue weighted by atomic mass is 9.67. The van der Waals surface area contributed by atoms with E-state index >= 15 is 0 Å². The highest BCUT2D eigenvalue weighted by Gasteiger charge is 2.38. The highest BCUT2D eigenvalue weighted by atomic mass is 19.4. The Labute approximate surface area is 192 Å². The molecule has 2 bridgehead atoms. The molecule has 1 heterocycles. The summed E-state index contributed by atoms with van der Waals surface area (Å²) in [6.07, 6.45) is 5.58. The van der Waals surface area contributed by atoms with Crippen molar-refractivity contribution in [2.45, 2.75) is 76.4 Å². The fourth-order valence-corrected chi connectivity index (χ4v) is 6.10. The maximum absolute atomic E-state index is 13.7. The normalized spacial score (nSPS) is 27.4. The number of carboxylic acids is 1. The first kappa shape index (κ1) is 23.9. The molecule has 1 aromatic rings. The van der Waals surface area contributed by atoms with E-state index in [4.69, 9.17) is 4.74 Å². The van der Waals surface area contributed by atoms with Gasteiger partial charge in [-0.2, -0.15) is 13.2 Å². The van der Waals surface area contributed by atoms with Crippen molar-refractivity contribution in [1.82, 2.24) is 4.90 Å². The molecule has 0 spiro atoms. The van der Waals surface area contributed by atoms with Gasteiger partial charge in [-0.1, -0.05) is 19.3 Å². The van der Waals surface area contributed by atoms with Crippen LogP contribution in [0, 0.1) is 17.8 Å². The minimum absolute atomic E-state index is 0.170. The van der Waals surface area contributed by atoms with Crippen molar-refractivity contribution in [2.24, 2.45) is 17.8 Å². The summed E-state index contributed by atoms with van der Waals surface area (Å²) in [5, 5.41) is 9.27. The lowest BCUT2D eigenvalue weighted by Gasteiger charge is -2.39. The SMILES string of the molecule is O=C(O)[C@@H]1CCCN1C(=O)c1ccc(OCCCC2CC3CCCC(C2)C3)c(C(F)(F)F)c1. The van der Waals surface area contributed by atoms with Crippen LogP contribution in [-0.2, 0) is 11.0 Å². The average molecular weight is 468 g/mol. The number of rotatable bonds is 7. The van der Waals surface area contributed by atoms with Gasteiger partial charge < -0.3 is 14.7 Å². The highest BCUT2D eigenvalue weighted by Crippen LogP contribution is 2.44. The lowest BCUT2D eigenvalue weighted by Crippen LogP contribution is -2.40. The second-order valence-corrected chi connectivity index (χ2v) is 9.93. The number of hydrogen-bond donors (Lipinski definition) is 1. The summed E-state index contributed by atoms with van der Waals surface area (Å²) in [5.41, 5.74) is -1.16. The Morgan fingerprint density at radius 1 is 1.06 bits per heavy atom. The van der Waals surface area contributed by atoms with Crippen LogP contribution in [-0.4, -0.2) is 41.1 Å². The molecule has 1 N–H and O–H groups in total. The van der Waals surface area contributed by atoms with E-state index in [1.54, 1.807) is 0 Å². The zero-order valence-electron chi connectivity index (χ0n) is 18.8. The smallest absolute Gasteiger partial charge is 0.419 e. The molecule has 1 aromatic carbocycles. The molecule has 4 rings (SSSR count). The molecular weight excluding hydrogens is 435 g/mol. The van der Waals surface area contributed by atoms with E-state index in [-0.39, 0.29) is 24.5 Å². The van der Waals surface area contributed by atoms with E-state index in [9.17, 15) is 27.9 Å². The van der Waals surface area contributed by atoms with E-state index in [2.05, 4.69) is 0 Å². The minimum atomic E-state index is -4.68. The second-order valence-electron chi connectivity index (χ2n) is 9.93. The second kappa shape index (κ2) is 9.94. The number of aliphatic carboxylic acids is 1. The molecule has 5 nitrogen and oxygen atoms in total. The number of halogens is 3. The number of likely N-dealkylation sites (tertiary alicyclic amines) is 1. The quantitative estimate of drug-likeness (QED) is 0.517. The Morgan fingerprint density at radius 2 is 1.79 bits per heavy atom. The maximum atomic E-state index is 13.7. The third kappa shape index (κ3) is 5.64. The molecule has 182 valence electrons. The Morgan fingerprint density at radius 3 is 2.45 bits per heavy atom. The van der Waals surface area contributed by atoms with Crippen LogP contribution in [0.2, 0.25) is 0 Å². The predicted molar refractivity (Wildman–Crippen MR) is 116 cm³/mol. The van der Waals surface area contributed by atoms with Gasteiger partial charge in [0.25, 0.3) is 5.91 Å². The van der Waals surface area contributed by atoms with Crippen LogP contribution >= 0.6 is 0 Å². The predicted octanol–water partition coefficient (Wildman–Crippen LogP) is 5.77. The van der Waals surface area contributed by atoms with Gasteiger partial charge in [-0.3, -0.25) is 4.79 Å². The summed E-state index contributed by atoms with van der Waals surface area (Å²) < 4.78 is 46.6. The molecule has 33 heavy (non-hydrogen) atoms. The van der Waals surface area contributed by atoms with Crippen molar-refractivity contribution in [2.75, 3.05) is 13.2 Å². The number of benzene rings is 1. The van der Waals surface area contributed by atoms with Crippen LogP contribution in [0.25, 0.3) is 0 Å². The first-order valence-corrected chi connectivity index (χ1v) is 12.1. The number of amides is 1. The fourth-order valence-electron chi connectivity index (χ4n) is 6.10. The number of carboxylic acid groups (broad SMARTS) is 1. The van der Waals surface area contributed by atoms with Crippen molar-refractivity contribution < 1.29 is 32.6 Å². The van der Waals surface area contributed by atoms with Crippen LogP contribution in [0.5, 0.6) is 5.75 Å². The summed E-state index contributed by atoms with van der Waals surface area (Å²) in [6.45, 7) is 0.424. The van der Waals surface area contributed by atoms with Crippen LogP contribution in [0.15, 0.2) is 18.2 Å². The monoisotopic (exact) mass is 467 g/mol. The molecule has 0 radical (unpaired) electrons. The standard InChI is InChI=1S/C25H32F3NO4/c26-25(27,28)20-15-19(23(30)29-10-2-7-21(29)24(31)32)8-9-22(20)33-11-3-6-18-13-16-4-1-5-17(12-16)14-18/h8-9,15-18,21H,1-7,10-14H2,(H,31,32)/t16?,17?,18?,21-/m0/s1. The van der Waals surface area contributed by atoms with Crippen molar-refractivity contribution in [3.63, 3.8) is 0 Å². The van der Waals surface area contributed by atoms with Gasteiger partial charge in [0.05, 0.1) is 12.2 Å². The molecule has 2 unspecified atom stereocenters. The molecule has 1 amide bonds. The van der Waals surface area contributed by atoms with Crippen LogP contribution in [0.4, 0.5) is 13.2 Å². The Balaban J connectivity index is 1.37. The third-order valence-corrected chi connectivity index (χ3v) is 7.57. The van der Waals surface area contributed by atoms with Gasteiger partial charge in [-0.05, 0) is 80.9 Å². The van der Waals surface area contributed by atoms with Gasteiger partial charge in [0.1, 0.15) is 11.8 Å². The van der Waals surface area contributed by atoms with E-state index in [1.807, 2.05) is 0 Å². The minimum Gasteiger partial charge on any atom is -0.493 e. The Hall–Kier alpha value is -2.25. The van der Waals surface area contributed by atoms with Crippen molar-refractivity contribution >= 4 is 11.9 Å². The lowest BCUT2D eigenvalue weighted by molar-refractivity contribution is -0.141. The number of carbonyl (C=O) groups is 2. The van der Waals surface area contributed by atoms with E-state index in [0.29, 0.717) is 25.2 Å². The molecule has 0 aromatic heterocycles. The Bertz CT molecular complexity index is 860. The number of alkyl halides is 3. The van der Waals surface area contributed by atoms with Gasteiger partial charge in [-0.25, -0.2) is 4.79 Å². The van der Waals surface area contributed by atoms with Gasteiger partial charge >= 0.3 is 12.1 Å². The zero-order valence-corrected chi connectivity index (χ0v) is 18.8. The average Bonchev–Trinajstić information content (AvgIpc) is 3.26. The number of fused-ring (bicyclic) bond motifs is 2. The molecule has 1 aliphatic heterocycles. The van der Waals surface area contributed by atoms with Gasteiger partial charge in [0.2, 0.25) is 0 Å². The number of nitrogens with zero attached hydrogens (tertiary/aromatic N) is 1. The topological polar surface area (TPSA) is 66.8 Å². The molecular formula is C25H32F3NO4. The first-order chi connectivity index (χ1) is 15.7. The van der Waals surface area contributed by atoms with E-state index in [1.165, 1.54) is 50.7 Å². The number of ether oxygens (including phenoxy) is 1. The summed E-state index contributed by atoms with van der Waals surface area (Å²) >= 11 is 0. The number of hydrogen-bond acceptors (Lipinski definition) is 3. The van der Waals surface area contributed by atoms with Gasteiger partial charge in [0, 0.05) is 12.1 Å². The van der Waals surface area contributed by atoms with E-state index < -0.39 is 29.7 Å². The summed E-state index contributed by atoms with van der Waals surface area (Å²) in [6, 6.07) is 2.28. The molecule has 2 saturated carbocycles. The van der Waals surface area contributed by atoms with Crippen LogP contribution in [0.3, 0.4) is 0 Å². The molecule has 1 saturated heterocycles. The molecule has 3 aliphatic rings. The van der Waals surface area contributed by atoms with Crippen LogP contribution < -0.4 is 4.74 Å². The van der Waals surface area contributed by atoms with Crippen molar-refractivity contribution in [3.8, 4) is 5.75 Å². The van der Waals surface area contributed by atoms with Gasteiger partial charge in [-0.15, -0.1) is 0 Å². The van der Waals surface area contributed by atoms with Crippen molar-refractivity contribution in [3.05, 3.63) is 29.3 Å². The fraction of sp³-hybridized carbons (Fsp3) is 0.680. The first-order valence-electron chi connectivity index (χ1n) is 12.1. The molecule has 8 heteroatoms.